The number of rotatable bonds is 3. The molecule has 0 saturated carbocycles. The number of ether oxygens (including phenoxy) is 1. The standard InChI is InChI=1S/C13H13FN2O/c1-9-7-10(3-4-12(9)17-2)16-11-5-6-15-13(14)8-11/h3-8H,1-2H3,(H,15,16). The van der Waals surface area contributed by atoms with Crippen molar-refractivity contribution in [2.45, 2.75) is 6.92 Å². The first-order valence-electron chi connectivity index (χ1n) is 5.22. The number of benzene rings is 1. The fraction of sp³-hybridized carbons (Fsp3) is 0.154. The van der Waals surface area contributed by atoms with E-state index in [9.17, 15) is 4.39 Å². The van der Waals surface area contributed by atoms with E-state index in [1.54, 1.807) is 13.2 Å². The predicted octanol–water partition coefficient (Wildman–Crippen LogP) is 3.28. The summed E-state index contributed by atoms with van der Waals surface area (Å²) < 4.78 is 18.1. The topological polar surface area (TPSA) is 34.1 Å². The molecule has 1 N–H and O–H groups in total. The second kappa shape index (κ2) is 4.82. The molecule has 2 rings (SSSR count). The zero-order valence-corrected chi connectivity index (χ0v) is 9.70. The predicted molar refractivity (Wildman–Crippen MR) is 65.2 cm³/mol. The first-order valence-corrected chi connectivity index (χ1v) is 5.22. The van der Waals surface area contributed by atoms with Crippen molar-refractivity contribution in [3.8, 4) is 5.75 Å². The minimum absolute atomic E-state index is 0.500. The molecular weight excluding hydrogens is 219 g/mol. The Hall–Kier alpha value is -2.10. The molecule has 3 nitrogen and oxygen atoms in total. The van der Waals surface area contributed by atoms with Crippen LogP contribution in [0.25, 0.3) is 0 Å². The average molecular weight is 232 g/mol. The van der Waals surface area contributed by atoms with Crippen molar-refractivity contribution in [2.75, 3.05) is 12.4 Å². The summed E-state index contributed by atoms with van der Waals surface area (Å²) in [5, 5.41) is 3.10. The lowest BCUT2D eigenvalue weighted by molar-refractivity contribution is 0.412. The summed E-state index contributed by atoms with van der Waals surface area (Å²) in [6.45, 7) is 1.96. The smallest absolute Gasteiger partial charge is 0.214 e. The highest BCUT2D eigenvalue weighted by Crippen LogP contribution is 2.23. The van der Waals surface area contributed by atoms with E-state index in [1.165, 1.54) is 12.3 Å². The van der Waals surface area contributed by atoms with Crippen LogP contribution in [0, 0.1) is 12.9 Å². The number of aryl methyl sites for hydroxylation is 1. The van der Waals surface area contributed by atoms with E-state index >= 15 is 0 Å². The Kier molecular flexibility index (Phi) is 3.23. The minimum atomic E-state index is -0.500. The monoisotopic (exact) mass is 232 g/mol. The fourth-order valence-corrected chi connectivity index (χ4v) is 1.60. The van der Waals surface area contributed by atoms with Crippen LogP contribution >= 0.6 is 0 Å². The summed E-state index contributed by atoms with van der Waals surface area (Å²) in [4.78, 5) is 3.50. The van der Waals surface area contributed by atoms with Crippen molar-refractivity contribution in [3.05, 3.63) is 48.0 Å². The molecule has 1 heterocycles. The van der Waals surface area contributed by atoms with Crippen LogP contribution in [-0.4, -0.2) is 12.1 Å². The van der Waals surface area contributed by atoms with E-state index in [1.807, 2.05) is 25.1 Å². The first kappa shape index (κ1) is 11.4. The van der Waals surface area contributed by atoms with Gasteiger partial charge < -0.3 is 10.1 Å². The third kappa shape index (κ3) is 2.72. The van der Waals surface area contributed by atoms with Gasteiger partial charge in [0.2, 0.25) is 5.95 Å². The molecule has 1 aromatic heterocycles. The number of anilines is 2. The molecule has 0 saturated heterocycles. The van der Waals surface area contributed by atoms with Gasteiger partial charge in [-0.1, -0.05) is 0 Å². The Labute approximate surface area is 99.3 Å². The van der Waals surface area contributed by atoms with Crippen LogP contribution in [0.5, 0.6) is 5.75 Å². The van der Waals surface area contributed by atoms with Gasteiger partial charge in [-0.15, -0.1) is 0 Å². The van der Waals surface area contributed by atoms with Crippen molar-refractivity contribution in [1.29, 1.82) is 0 Å². The molecular formula is C13H13FN2O. The minimum Gasteiger partial charge on any atom is -0.496 e. The van der Waals surface area contributed by atoms with Crippen LogP contribution in [0.1, 0.15) is 5.56 Å². The molecule has 0 aliphatic rings. The van der Waals surface area contributed by atoms with Crippen LogP contribution in [0.15, 0.2) is 36.5 Å². The third-order valence-corrected chi connectivity index (χ3v) is 2.41. The molecule has 0 aliphatic carbocycles. The highest BCUT2D eigenvalue weighted by molar-refractivity contribution is 5.61. The summed E-state index contributed by atoms with van der Waals surface area (Å²) in [6.07, 6.45) is 1.42. The van der Waals surface area contributed by atoms with Crippen molar-refractivity contribution >= 4 is 11.4 Å². The van der Waals surface area contributed by atoms with Crippen molar-refractivity contribution < 1.29 is 9.13 Å². The maximum atomic E-state index is 12.9. The number of methoxy groups -OCH3 is 1. The van der Waals surface area contributed by atoms with Gasteiger partial charge in [-0.3, -0.25) is 0 Å². The molecule has 2 aromatic rings. The van der Waals surface area contributed by atoms with Crippen molar-refractivity contribution in [3.63, 3.8) is 0 Å². The van der Waals surface area contributed by atoms with Gasteiger partial charge >= 0.3 is 0 Å². The number of pyridine rings is 1. The van der Waals surface area contributed by atoms with Crippen LogP contribution in [0.3, 0.4) is 0 Å². The van der Waals surface area contributed by atoms with Crippen molar-refractivity contribution in [1.82, 2.24) is 4.98 Å². The summed E-state index contributed by atoms with van der Waals surface area (Å²) in [6, 6.07) is 8.75. The van der Waals surface area contributed by atoms with Gasteiger partial charge in [0.1, 0.15) is 5.75 Å². The summed E-state index contributed by atoms with van der Waals surface area (Å²) in [7, 11) is 1.63. The number of hydrogen-bond acceptors (Lipinski definition) is 3. The number of aromatic nitrogens is 1. The summed E-state index contributed by atoms with van der Waals surface area (Å²) >= 11 is 0. The second-order valence-electron chi connectivity index (χ2n) is 3.68. The van der Waals surface area contributed by atoms with Gasteiger partial charge in [-0.05, 0) is 36.8 Å². The number of nitrogens with one attached hydrogen (secondary N) is 1. The normalized spacial score (nSPS) is 10.1. The average Bonchev–Trinajstić information content (AvgIpc) is 2.29. The van der Waals surface area contributed by atoms with E-state index in [0.717, 1.165) is 17.0 Å². The summed E-state index contributed by atoms with van der Waals surface area (Å²) in [5.41, 5.74) is 2.57. The maximum absolute atomic E-state index is 12.9. The molecule has 0 bridgehead atoms. The molecule has 0 radical (unpaired) electrons. The Bertz CT molecular complexity index is 529. The molecule has 0 unspecified atom stereocenters. The van der Waals surface area contributed by atoms with Gasteiger partial charge in [0, 0.05) is 23.6 Å². The highest BCUT2D eigenvalue weighted by atomic mass is 19.1. The molecule has 0 atom stereocenters. The lowest BCUT2D eigenvalue weighted by atomic mass is 10.2. The Balaban J connectivity index is 2.22. The quantitative estimate of drug-likeness (QED) is 0.824. The number of halogens is 1. The zero-order valence-electron chi connectivity index (χ0n) is 9.70. The molecule has 0 spiro atoms. The van der Waals surface area contributed by atoms with Crippen LogP contribution in [-0.2, 0) is 0 Å². The molecule has 0 fully saturated rings. The molecule has 88 valence electrons. The van der Waals surface area contributed by atoms with Gasteiger partial charge in [0.05, 0.1) is 7.11 Å². The third-order valence-electron chi connectivity index (χ3n) is 2.41. The SMILES string of the molecule is COc1ccc(Nc2ccnc(F)c2)cc1C. The number of nitrogens with zero attached hydrogens (tertiary/aromatic N) is 1. The second-order valence-corrected chi connectivity index (χ2v) is 3.68. The van der Waals surface area contributed by atoms with E-state index in [0.29, 0.717) is 5.69 Å². The zero-order chi connectivity index (χ0) is 12.3. The van der Waals surface area contributed by atoms with Gasteiger partial charge in [0.25, 0.3) is 0 Å². The van der Waals surface area contributed by atoms with Gasteiger partial charge in [-0.25, -0.2) is 4.98 Å². The molecule has 1 aromatic carbocycles. The Morgan fingerprint density at radius 3 is 2.59 bits per heavy atom. The number of hydrogen-bond donors (Lipinski definition) is 1. The van der Waals surface area contributed by atoms with Crippen molar-refractivity contribution in [2.24, 2.45) is 0 Å². The molecule has 4 heteroatoms. The maximum Gasteiger partial charge on any atom is 0.214 e. The van der Waals surface area contributed by atoms with Gasteiger partial charge in [-0.2, -0.15) is 4.39 Å². The van der Waals surface area contributed by atoms with E-state index < -0.39 is 5.95 Å². The Morgan fingerprint density at radius 2 is 1.94 bits per heavy atom. The van der Waals surface area contributed by atoms with E-state index in [2.05, 4.69) is 10.3 Å². The largest absolute Gasteiger partial charge is 0.496 e. The Morgan fingerprint density at radius 1 is 1.18 bits per heavy atom. The van der Waals surface area contributed by atoms with Gasteiger partial charge in [0.15, 0.2) is 0 Å². The highest BCUT2D eigenvalue weighted by Gasteiger charge is 2.01. The van der Waals surface area contributed by atoms with Crippen LogP contribution in [0.2, 0.25) is 0 Å². The summed E-state index contributed by atoms with van der Waals surface area (Å²) in [5.74, 6) is 0.330. The van der Waals surface area contributed by atoms with E-state index in [-0.39, 0.29) is 0 Å². The van der Waals surface area contributed by atoms with Crippen LogP contribution < -0.4 is 10.1 Å². The molecule has 17 heavy (non-hydrogen) atoms. The van der Waals surface area contributed by atoms with Crippen LogP contribution in [0.4, 0.5) is 15.8 Å². The lowest BCUT2D eigenvalue weighted by Gasteiger charge is -2.09. The molecule has 0 amide bonds. The molecule has 0 aliphatic heterocycles. The van der Waals surface area contributed by atoms with E-state index in [4.69, 9.17) is 4.74 Å². The lowest BCUT2D eigenvalue weighted by Crippen LogP contribution is -1.94. The first-order chi connectivity index (χ1) is 8.19. The fourth-order valence-electron chi connectivity index (χ4n) is 1.60.